The van der Waals surface area contributed by atoms with E-state index < -0.39 is 0 Å². The zero-order chi connectivity index (χ0) is 19.3. The summed E-state index contributed by atoms with van der Waals surface area (Å²) < 4.78 is 0. The van der Waals surface area contributed by atoms with Crippen LogP contribution in [0.25, 0.3) is 0 Å². The highest BCUT2D eigenvalue weighted by Crippen LogP contribution is 2.17. The van der Waals surface area contributed by atoms with Gasteiger partial charge in [-0.15, -0.1) is 0 Å². The highest BCUT2D eigenvalue weighted by atomic mass is 16.2. The Hall–Kier alpha value is -3.09. The molecule has 0 radical (unpaired) electrons. The number of amides is 3. The first-order valence-corrected chi connectivity index (χ1v) is 9.82. The van der Waals surface area contributed by atoms with Crippen molar-refractivity contribution in [2.75, 3.05) is 49.5 Å². The van der Waals surface area contributed by atoms with E-state index in [0.29, 0.717) is 24.3 Å². The molecule has 2 aromatic rings. The predicted molar refractivity (Wildman–Crippen MR) is 109 cm³/mol. The van der Waals surface area contributed by atoms with Gasteiger partial charge in [-0.2, -0.15) is 0 Å². The van der Waals surface area contributed by atoms with Crippen LogP contribution < -0.4 is 10.2 Å². The van der Waals surface area contributed by atoms with Crippen LogP contribution in [0.4, 0.5) is 16.3 Å². The second-order valence-corrected chi connectivity index (χ2v) is 7.17. The molecule has 0 atom stereocenters. The van der Waals surface area contributed by atoms with Gasteiger partial charge in [0.1, 0.15) is 5.82 Å². The summed E-state index contributed by atoms with van der Waals surface area (Å²) in [5.41, 5.74) is 1.37. The summed E-state index contributed by atoms with van der Waals surface area (Å²) in [4.78, 5) is 35.2. The summed E-state index contributed by atoms with van der Waals surface area (Å²) in [6.45, 7) is 4.48. The van der Waals surface area contributed by atoms with Gasteiger partial charge in [-0.25, -0.2) is 9.78 Å². The normalized spacial score (nSPS) is 16.9. The molecule has 2 aliphatic rings. The molecule has 146 valence electrons. The Balaban J connectivity index is 1.30. The van der Waals surface area contributed by atoms with Gasteiger partial charge in [0, 0.05) is 56.7 Å². The van der Waals surface area contributed by atoms with Crippen molar-refractivity contribution in [3.63, 3.8) is 0 Å². The van der Waals surface area contributed by atoms with Crippen molar-refractivity contribution in [2.45, 2.75) is 12.8 Å². The Morgan fingerprint density at radius 3 is 2.18 bits per heavy atom. The first-order chi connectivity index (χ1) is 13.7. The molecule has 3 heterocycles. The summed E-state index contributed by atoms with van der Waals surface area (Å²) in [6, 6.07) is 12.9. The van der Waals surface area contributed by atoms with Crippen LogP contribution in [-0.4, -0.2) is 66.0 Å². The van der Waals surface area contributed by atoms with Gasteiger partial charge in [-0.05, 0) is 49.2 Å². The van der Waals surface area contributed by atoms with Gasteiger partial charge in [-0.1, -0.05) is 6.07 Å². The average Bonchev–Trinajstić information content (AvgIpc) is 3.29. The number of nitrogens with zero attached hydrogens (tertiary/aromatic N) is 4. The average molecular weight is 379 g/mol. The van der Waals surface area contributed by atoms with Crippen LogP contribution in [-0.2, 0) is 0 Å². The molecule has 1 aromatic carbocycles. The van der Waals surface area contributed by atoms with Gasteiger partial charge >= 0.3 is 6.03 Å². The number of piperazine rings is 1. The van der Waals surface area contributed by atoms with E-state index in [1.54, 1.807) is 30.5 Å². The van der Waals surface area contributed by atoms with E-state index in [0.717, 1.165) is 44.8 Å². The van der Waals surface area contributed by atoms with Gasteiger partial charge in [0.2, 0.25) is 0 Å². The highest BCUT2D eigenvalue weighted by Gasteiger charge is 2.22. The number of urea groups is 1. The molecule has 2 aliphatic heterocycles. The maximum absolute atomic E-state index is 12.5. The predicted octanol–water partition coefficient (Wildman–Crippen LogP) is 2.67. The van der Waals surface area contributed by atoms with E-state index in [9.17, 15) is 9.59 Å². The molecular formula is C21H25N5O2. The molecule has 28 heavy (non-hydrogen) atoms. The van der Waals surface area contributed by atoms with Gasteiger partial charge in [0.25, 0.3) is 5.91 Å². The molecule has 7 nitrogen and oxygen atoms in total. The summed E-state index contributed by atoms with van der Waals surface area (Å²) in [7, 11) is 0. The number of benzene rings is 1. The lowest BCUT2D eigenvalue weighted by Crippen LogP contribution is -2.50. The Morgan fingerprint density at radius 2 is 1.54 bits per heavy atom. The molecule has 3 amide bonds. The van der Waals surface area contributed by atoms with Crippen LogP contribution in [0.1, 0.15) is 23.2 Å². The van der Waals surface area contributed by atoms with Crippen molar-refractivity contribution < 1.29 is 9.59 Å². The number of anilines is 2. The van der Waals surface area contributed by atoms with Crippen LogP contribution in [0.5, 0.6) is 0 Å². The molecule has 2 saturated heterocycles. The molecule has 0 spiro atoms. The molecule has 7 heteroatoms. The van der Waals surface area contributed by atoms with Crippen molar-refractivity contribution in [2.24, 2.45) is 0 Å². The maximum atomic E-state index is 12.5. The molecule has 2 fully saturated rings. The largest absolute Gasteiger partial charge is 0.353 e. The molecule has 4 rings (SSSR count). The van der Waals surface area contributed by atoms with Gasteiger partial charge in [-0.3, -0.25) is 4.79 Å². The van der Waals surface area contributed by atoms with E-state index in [-0.39, 0.29) is 11.9 Å². The Bertz CT molecular complexity index is 810. The van der Waals surface area contributed by atoms with Gasteiger partial charge in [0.15, 0.2) is 0 Å². The smallest absolute Gasteiger partial charge is 0.321 e. The number of carbonyl (C=O) groups is 2. The SMILES string of the molecule is O=C(Nc1ccc(C(=O)N2CCCC2)cc1)N1CCN(c2ccccn2)CC1. The summed E-state index contributed by atoms with van der Waals surface area (Å²) in [6.07, 6.45) is 3.94. The Labute approximate surface area is 164 Å². The van der Waals surface area contributed by atoms with Crippen molar-refractivity contribution in [1.29, 1.82) is 0 Å². The van der Waals surface area contributed by atoms with Crippen LogP contribution in [0, 0.1) is 0 Å². The number of aromatic nitrogens is 1. The van der Waals surface area contributed by atoms with Crippen LogP contribution in [0.15, 0.2) is 48.7 Å². The second-order valence-electron chi connectivity index (χ2n) is 7.17. The summed E-state index contributed by atoms with van der Waals surface area (Å²) >= 11 is 0. The number of hydrogen-bond acceptors (Lipinski definition) is 4. The Morgan fingerprint density at radius 1 is 0.821 bits per heavy atom. The first kappa shape index (κ1) is 18.3. The van der Waals surface area contributed by atoms with Crippen molar-refractivity contribution in [3.8, 4) is 0 Å². The highest BCUT2D eigenvalue weighted by molar-refractivity contribution is 5.95. The number of likely N-dealkylation sites (tertiary alicyclic amines) is 1. The zero-order valence-electron chi connectivity index (χ0n) is 15.9. The maximum Gasteiger partial charge on any atom is 0.321 e. The summed E-state index contributed by atoms with van der Waals surface area (Å²) in [5.74, 6) is 1.02. The minimum atomic E-state index is -0.112. The number of pyridine rings is 1. The zero-order valence-corrected chi connectivity index (χ0v) is 15.9. The third-order valence-electron chi connectivity index (χ3n) is 5.32. The van der Waals surface area contributed by atoms with Gasteiger partial charge in [0.05, 0.1) is 0 Å². The van der Waals surface area contributed by atoms with E-state index >= 15 is 0 Å². The fourth-order valence-corrected chi connectivity index (χ4v) is 3.68. The lowest BCUT2D eigenvalue weighted by molar-refractivity contribution is 0.0793. The van der Waals surface area contributed by atoms with Crippen LogP contribution >= 0.6 is 0 Å². The Kier molecular flexibility index (Phi) is 5.41. The minimum absolute atomic E-state index is 0.0704. The summed E-state index contributed by atoms with van der Waals surface area (Å²) in [5, 5.41) is 2.93. The first-order valence-electron chi connectivity index (χ1n) is 9.82. The quantitative estimate of drug-likeness (QED) is 0.890. The van der Waals surface area contributed by atoms with E-state index in [1.165, 1.54) is 0 Å². The van der Waals surface area contributed by atoms with Crippen LogP contribution in [0.2, 0.25) is 0 Å². The molecular weight excluding hydrogens is 354 g/mol. The minimum Gasteiger partial charge on any atom is -0.353 e. The molecule has 0 saturated carbocycles. The van der Waals surface area contributed by atoms with Crippen molar-refractivity contribution >= 4 is 23.4 Å². The number of rotatable bonds is 3. The lowest BCUT2D eigenvalue weighted by Gasteiger charge is -2.35. The molecule has 0 bridgehead atoms. The molecule has 1 aromatic heterocycles. The fourth-order valence-electron chi connectivity index (χ4n) is 3.68. The van der Waals surface area contributed by atoms with Crippen molar-refractivity contribution in [3.05, 3.63) is 54.2 Å². The molecule has 0 aliphatic carbocycles. The topological polar surface area (TPSA) is 68.8 Å². The number of hydrogen-bond donors (Lipinski definition) is 1. The standard InChI is InChI=1S/C21H25N5O2/c27-20(25-11-3-4-12-25)17-6-8-18(9-7-17)23-21(28)26-15-13-24(14-16-26)19-5-1-2-10-22-19/h1-2,5-10H,3-4,11-16H2,(H,23,28). The number of nitrogens with one attached hydrogen (secondary N) is 1. The molecule has 0 unspecified atom stereocenters. The third-order valence-corrected chi connectivity index (χ3v) is 5.32. The monoisotopic (exact) mass is 379 g/mol. The van der Waals surface area contributed by atoms with Gasteiger partial charge < -0.3 is 20.0 Å². The second kappa shape index (κ2) is 8.29. The van der Waals surface area contributed by atoms with E-state index in [2.05, 4.69) is 15.2 Å². The third kappa shape index (κ3) is 4.08. The van der Waals surface area contributed by atoms with Crippen LogP contribution in [0.3, 0.4) is 0 Å². The van der Waals surface area contributed by atoms with E-state index in [1.807, 2.05) is 28.0 Å². The van der Waals surface area contributed by atoms with E-state index in [4.69, 9.17) is 0 Å². The fraction of sp³-hybridized carbons (Fsp3) is 0.381. The molecule has 1 N–H and O–H groups in total. The van der Waals surface area contributed by atoms with Crippen molar-refractivity contribution in [1.82, 2.24) is 14.8 Å². The number of carbonyl (C=O) groups excluding carboxylic acids is 2. The lowest BCUT2D eigenvalue weighted by atomic mass is 10.2.